The third-order valence-electron chi connectivity index (χ3n) is 2.89. The monoisotopic (exact) mass is 270 g/mol. The molecule has 4 nitrogen and oxygen atoms in total. The Hall–Kier alpha value is -2.36. The van der Waals surface area contributed by atoms with E-state index in [-0.39, 0.29) is 5.97 Å². The number of rotatable bonds is 6. The third kappa shape index (κ3) is 3.82. The second kappa shape index (κ2) is 7.28. The summed E-state index contributed by atoms with van der Waals surface area (Å²) in [6.45, 7) is 2.90. The van der Waals surface area contributed by atoms with Crippen molar-refractivity contribution in [2.75, 3.05) is 18.5 Å². The molecule has 0 saturated carbocycles. The average Bonchev–Trinajstić information content (AvgIpc) is 2.49. The van der Waals surface area contributed by atoms with E-state index >= 15 is 0 Å². The smallest absolute Gasteiger partial charge is 0.341 e. The number of carbonyl (C=O) groups excluding carboxylic acids is 1. The number of hydrogen-bond donors (Lipinski definition) is 1. The lowest BCUT2D eigenvalue weighted by Gasteiger charge is -2.10. The molecule has 0 unspecified atom stereocenters. The molecule has 2 aromatic rings. The highest BCUT2D eigenvalue weighted by Gasteiger charge is 2.11. The van der Waals surface area contributed by atoms with E-state index in [1.807, 2.05) is 18.2 Å². The molecule has 0 spiro atoms. The molecular formula is C16H18N2O2. The van der Waals surface area contributed by atoms with Crippen molar-refractivity contribution in [1.82, 2.24) is 4.98 Å². The summed E-state index contributed by atoms with van der Waals surface area (Å²) < 4.78 is 5.01. The lowest BCUT2D eigenvalue weighted by Crippen LogP contribution is -2.12. The fraction of sp³-hybridized carbons (Fsp3) is 0.250. The SMILES string of the molecule is CCOC(=O)c1cnccc1NCCc1ccccc1. The molecule has 104 valence electrons. The first-order valence-electron chi connectivity index (χ1n) is 6.70. The molecule has 0 aliphatic carbocycles. The van der Waals surface area contributed by atoms with Crippen molar-refractivity contribution in [1.29, 1.82) is 0 Å². The maximum atomic E-state index is 11.8. The van der Waals surface area contributed by atoms with Gasteiger partial charge in [0.15, 0.2) is 0 Å². The summed E-state index contributed by atoms with van der Waals surface area (Å²) in [5.41, 5.74) is 2.49. The number of pyridine rings is 1. The summed E-state index contributed by atoms with van der Waals surface area (Å²) in [6.07, 6.45) is 4.09. The molecule has 0 aliphatic heterocycles. The molecule has 1 heterocycles. The quantitative estimate of drug-likeness (QED) is 0.820. The van der Waals surface area contributed by atoms with Crippen LogP contribution in [0.15, 0.2) is 48.8 Å². The average molecular weight is 270 g/mol. The standard InChI is InChI=1S/C16H18N2O2/c1-2-20-16(19)14-12-17-10-9-15(14)18-11-8-13-6-4-3-5-7-13/h3-7,9-10,12H,2,8,11H2,1H3,(H,17,18). The third-order valence-corrected chi connectivity index (χ3v) is 2.89. The van der Waals surface area contributed by atoms with E-state index in [1.54, 1.807) is 19.2 Å². The lowest BCUT2D eigenvalue weighted by atomic mass is 10.1. The second-order valence-electron chi connectivity index (χ2n) is 4.30. The number of hydrogen-bond acceptors (Lipinski definition) is 4. The Morgan fingerprint density at radius 3 is 2.80 bits per heavy atom. The van der Waals surface area contributed by atoms with Crippen LogP contribution in [0.4, 0.5) is 5.69 Å². The van der Waals surface area contributed by atoms with Crippen LogP contribution in [0.1, 0.15) is 22.8 Å². The maximum absolute atomic E-state index is 11.8. The molecule has 4 heteroatoms. The van der Waals surface area contributed by atoms with E-state index in [9.17, 15) is 4.79 Å². The Morgan fingerprint density at radius 2 is 2.05 bits per heavy atom. The van der Waals surface area contributed by atoms with Gasteiger partial charge in [0.1, 0.15) is 5.56 Å². The predicted octanol–water partition coefficient (Wildman–Crippen LogP) is 2.91. The Labute approximate surface area is 118 Å². The van der Waals surface area contributed by atoms with Gasteiger partial charge in [0, 0.05) is 18.9 Å². The van der Waals surface area contributed by atoms with Crippen LogP contribution in [0.25, 0.3) is 0 Å². The largest absolute Gasteiger partial charge is 0.462 e. The van der Waals surface area contributed by atoms with Gasteiger partial charge in [0.25, 0.3) is 0 Å². The second-order valence-corrected chi connectivity index (χ2v) is 4.30. The zero-order valence-corrected chi connectivity index (χ0v) is 11.5. The molecule has 0 saturated heterocycles. The van der Waals surface area contributed by atoms with Crippen molar-refractivity contribution in [3.05, 3.63) is 59.9 Å². The van der Waals surface area contributed by atoms with E-state index in [4.69, 9.17) is 4.74 Å². The van der Waals surface area contributed by atoms with Gasteiger partial charge < -0.3 is 10.1 Å². The van der Waals surface area contributed by atoms with Gasteiger partial charge in [-0.15, -0.1) is 0 Å². The van der Waals surface area contributed by atoms with E-state index in [0.717, 1.165) is 18.7 Å². The van der Waals surface area contributed by atoms with Crippen LogP contribution < -0.4 is 5.32 Å². The number of benzene rings is 1. The van der Waals surface area contributed by atoms with E-state index in [1.165, 1.54) is 11.8 Å². The normalized spacial score (nSPS) is 10.1. The zero-order chi connectivity index (χ0) is 14.2. The van der Waals surface area contributed by atoms with Crippen LogP contribution in [0.5, 0.6) is 0 Å². The molecule has 1 aromatic carbocycles. The first kappa shape index (κ1) is 14.1. The van der Waals surface area contributed by atoms with Crippen LogP contribution in [0, 0.1) is 0 Å². The Kier molecular flexibility index (Phi) is 5.12. The minimum absolute atomic E-state index is 0.345. The van der Waals surface area contributed by atoms with E-state index < -0.39 is 0 Å². The minimum Gasteiger partial charge on any atom is -0.462 e. The summed E-state index contributed by atoms with van der Waals surface area (Å²) in [5.74, 6) is -0.345. The molecule has 2 rings (SSSR count). The maximum Gasteiger partial charge on any atom is 0.341 e. The number of aromatic nitrogens is 1. The van der Waals surface area contributed by atoms with Gasteiger partial charge in [-0.3, -0.25) is 4.98 Å². The molecule has 1 N–H and O–H groups in total. The van der Waals surface area contributed by atoms with Crippen LogP contribution in [0.3, 0.4) is 0 Å². The Balaban J connectivity index is 1.97. The van der Waals surface area contributed by atoms with E-state index in [0.29, 0.717) is 12.2 Å². The molecule has 0 amide bonds. The summed E-state index contributed by atoms with van der Waals surface area (Å²) in [7, 11) is 0. The molecular weight excluding hydrogens is 252 g/mol. The van der Waals surface area contributed by atoms with Crippen LogP contribution in [0.2, 0.25) is 0 Å². The fourth-order valence-electron chi connectivity index (χ4n) is 1.91. The summed E-state index contributed by atoms with van der Waals surface area (Å²) in [4.78, 5) is 15.8. The van der Waals surface area contributed by atoms with Crippen molar-refractivity contribution in [2.45, 2.75) is 13.3 Å². The Morgan fingerprint density at radius 1 is 1.25 bits per heavy atom. The van der Waals surface area contributed by atoms with Gasteiger partial charge in [-0.25, -0.2) is 4.79 Å². The number of nitrogens with one attached hydrogen (secondary N) is 1. The first-order valence-corrected chi connectivity index (χ1v) is 6.70. The van der Waals surface area contributed by atoms with Crippen LogP contribution >= 0.6 is 0 Å². The molecule has 0 radical (unpaired) electrons. The van der Waals surface area contributed by atoms with Gasteiger partial charge in [-0.05, 0) is 25.0 Å². The highest BCUT2D eigenvalue weighted by Crippen LogP contribution is 2.15. The number of carbonyl (C=O) groups is 1. The predicted molar refractivity (Wildman–Crippen MR) is 78.8 cm³/mol. The van der Waals surface area contributed by atoms with E-state index in [2.05, 4.69) is 22.4 Å². The molecule has 0 aliphatic rings. The van der Waals surface area contributed by atoms with Gasteiger partial charge >= 0.3 is 5.97 Å². The molecule has 20 heavy (non-hydrogen) atoms. The van der Waals surface area contributed by atoms with Crippen molar-refractivity contribution >= 4 is 11.7 Å². The van der Waals surface area contributed by atoms with Crippen molar-refractivity contribution in [2.24, 2.45) is 0 Å². The Bertz CT molecular complexity index is 555. The summed E-state index contributed by atoms with van der Waals surface area (Å²) in [6, 6.07) is 12.0. The van der Waals surface area contributed by atoms with Crippen molar-refractivity contribution in [3.63, 3.8) is 0 Å². The number of ether oxygens (including phenoxy) is 1. The zero-order valence-electron chi connectivity index (χ0n) is 11.5. The fourth-order valence-corrected chi connectivity index (χ4v) is 1.91. The highest BCUT2D eigenvalue weighted by molar-refractivity contribution is 5.95. The van der Waals surface area contributed by atoms with Gasteiger partial charge in [-0.1, -0.05) is 30.3 Å². The topological polar surface area (TPSA) is 51.2 Å². The molecule has 0 fully saturated rings. The molecule has 0 bridgehead atoms. The van der Waals surface area contributed by atoms with Gasteiger partial charge in [0.2, 0.25) is 0 Å². The number of esters is 1. The first-order chi connectivity index (χ1) is 9.81. The number of anilines is 1. The van der Waals surface area contributed by atoms with Gasteiger partial charge in [0.05, 0.1) is 12.3 Å². The molecule has 1 aromatic heterocycles. The van der Waals surface area contributed by atoms with Crippen LogP contribution in [-0.2, 0) is 11.2 Å². The number of nitrogens with zero attached hydrogens (tertiary/aromatic N) is 1. The molecule has 0 atom stereocenters. The van der Waals surface area contributed by atoms with Gasteiger partial charge in [-0.2, -0.15) is 0 Å². The lowest BCUT2D eigenvalue weighted by molar-refractivity contribution is 0.0527. The van der Waals surface area contributed by atoms with Crippen molar-refractivity contribution in [3.8, 4) is 0 Å². The summed E-state index contributed by atoms with van der Waals surface area (Å²) in [5, 5.41) is 3.26. The van der Waals surface area contributed by atoms with Crippen molar-refractivity contribution < 1.29 is 9.53 Å². The van der Waals surface area contributed by atoms with Crippen LogP contribution in [-0.4, -0.2) is 24.1 Å². The highest BCUT2D eigenvalue weighted by atomic mass is 16.5. The summed E-state index contributed by atoms with van der Waals surface area (Å²) >= 11 is 0. The minimum atomic E-state index is -0.345.